The van der Waals surface area contributed by atoms with Gasteiger partial charge in [-0.15, -0.1) is 0 Å². The minimum atomic E-state index is -0.482. The summed E-state index contributed by atoms with van der Waals surface area (Å²) in [5, 5.41) is 22.5. The Morgan fingerprint density at radius 3 is 2.45 bits per heavy atom. The van der Waals surface area contributed by atoms with Crippen LogP contribution in [-0.4, -0.2) is 20.2 Å². The third-order valence-corrected chi connectivity index (χ3v) is 5.64. The van der Waals surface area contributed by atoms with E-state index in [1.54, 1.807) is 30.5 Å². The molecule has 31 heavy (non-hydrogen) atoms. The third-order valence-electron chi connectivity index (χ3n) is 5.35. The summed E-state index contributed by atoms with van der Waals surface area (Å²) in [7, 11) is 0. The van der Waals surface area contributed by atoms with E-state index in [9.17, 15) is 19.0 Å². The molecule has 154 valence electrons. The maximum Gasteiger partial charge on any atom is 0.222 e. The van der Waals surface area contributed by atoms with Gasteiger partial charge >= 0.3 is 0 Å². The number of aromatic hydroxyl groups is 2. The molecule has 0 amide bonds. The molecule has 0 radical (unpaired) electrons. The van der Waals surface area contributed by atoms with Gasteiger partial charge in [0.1, 0.15) is 11.6 Å². The summed E-state index contributed by atoms with van der Waals surface area (Å²) in [6, 6.07) is 12.4. The number of aromatic amines is 1. The maximum atomic E-state index is 13.5. The highest BCUT2D eigenvalue weighted by atomic mass is 35.5. The number of aromatic nitrogens is 2. The largest absolute Gasteiger partial charge is 0.505 e. The molecule has 0 atom stereocenters. The van der Waals surface area contributed by atoms with Gasteiger partial charge in [0.15, 0.2) is 5.75 Å². The number of benzene rings is 3. The highest BCUT2D eigenvalue weighted by Gasteiger charge is 2.20. The number of halogens is 3. The molecule has 4 nitrogen and oxygen atoms in total. The summed E-state index contributed by atoms with van der Waals surface area (Å²) in [6.07, 6.45) is 3.68. The summed E-state index contributed by atoms with van der Waals surface area (Å²) in [5.74, 6) is -1.25. The minimum absolute atomic E-state index is 0.0481. The number of H-pyrrole nitrogens is 1. The zero-order chi connectivity index (χ0) is 21.7. The quantitative estimate of drug-likeness (QED) is 0.310. The number of nitrogens with one attached hydrogen (secondary N) is 1. The van der Waals surface area contributed by atoms with E-state index < -0.39 is 5.82 Å². The predicted molar refractivity (Wildman–Crippen MR) is 117 cm³/mol. The van der Waals surface area contributed by atoms with Gasteiger partial charge in [0.2, 0.25) is 5.88 Å². The van der Waals surface area contributed by atoms with Crippen molar-refractivity contribution in [3.05, 3.63) is 88.7 Å². The number of hydrogen-bond acceptors (Lipinski definition) is 3. The van der Waals surface area contributed by atoms with Crippen LogP contribution < -0.4 is 0 Å². The van der Waals surface area contributed by atoms with Gasteiger partial charge in [-0.25, -0.2) is 13.8 Å². The van der Waals surface area contributed by atoms with E-state index >= 15 is 0 Å². The molecular formula is C24H15ClF2N2O2. The molecule has 0 aliphatic rings. The number of nitrogens with zero attached hydrogens (tertiary/aromatic N) is 1. The molecule has 2 aromatic heterocycles. The molecule has 0 aliphatic heterocycles. The molecular weight excluding hydrogens is 422 g/mol. The smallest absolute Gasteiger partial charge is 0.222 e. The van der Waals surface area contributed by atoms with Gasteiger partial charge in [-0.05, 0) is 53.4 Å². The highest BCUT2D eigenvalue weighted by Crippen LogP contribution is 2.45. The van der Waals surface area contributed by atoms with Crippen molar-refractivity contribution in [2.24, 2.45) is 0 Å². The van der Waals surface area contributed by atoms with E-state index in [0.29, 0.717) is 33.8 Å². The molecule has 2 heterocycles. The molecule has 5 aromatic rings. The zero-order valence-corrected chi connectivity index (χ0v) is 16.7. The first-order valence-electron chi connectivity index (χ1n) is 9.46. The molecule has 0 aliphatic carbocycles. The second-order valence-electron chi connectivity index (χ2n) is 7.32. The average molecular weight is 437 g/mol. The monoisotopic (exact) mass is 436 g/mol. The van der Waals surface area contributed by atoms with Crippen LogP contribution in [0.3, 0.4) is 0 Å². The highest BCUT2D eigenvalue weighted by molar-refractivity contribution is 6.30. The first-order valence-corrected chi connectivity index (χ1v) is 9.83. The predicted octanol–water partition coefficient (Wildman–Crippen LogP) is 6.32. The Labute approximate surface area is 180 Å². The summed E-state index contributed by atoms with van der Waals surface area (Å²) < 4.78 is 27.0. The maximum absolute atomic E-state index is 13.5. The van der Waals surface area contributed by atoms with Crippen LogP contribution >= 0.6 is 11.6 Å². The normalized spacial score (nSPS) is 11.5. The van der Waals surface area contributed by atoms with Crippen LogP contribution in [0.2, 0.25) is 5.02 Å². The zero-order valence-electron chi connectivity index (χ0n) is 16.0. The molecule has 0 fully saturated rings. The van der Waals surface area contributed by atoms with Crippen LogP contribution in [0.1, 0.15) is 11.1 Å². The fraction of sp³-hybridized carbons (Fsp3) is 0.0417. The summed E-state index contributed by atoms with van der Waals surface area (Å²) in [6.45, 7) is 0. The lowest BCUT2D eigenvalue weighted by atomic mass is 9.93. The van der Waals surface area contributed by atoms with Crippen molar-refractivity contribution in [1.29, 1.82) is 0 Å². The van der Waals surface area contributed by atoms with Crippen molar-refractivity contribution in [2.45, 2.75) is 6.42 Å². The van der Waals surface area contributed by atoms with Crippen molar-refractivity contribution in [3.63, 3.8) is 0 Å². The summed E-state index contributed by atoms with van der Waals surface area (Å²) in [4.78, 5) is 7.04. The molecule has 0 bridgehead atoms. The minimum Gasteiger partial charge on any atom is -0.505 e. The van der Waals surface area contributed by atoms with Crippen LogP contribution in [0.5, 0.6) is 11.6 Å². The van der Waals surface area contributed by atoms with Gasteiger partial charge in [0.05, 0.1) is 15.9 Å². The van der Waals surface area contributed by atoms with E-state index in [1.807, 2.05) is 6.07 Å². The standard InChI is InChI=1S/C24H15ClF2N2O2/c25-18-9-12(1-6-19(18)27)7-13-8-16-20(14-2-4-15(26)5-3-14)17-11-29-24(31)21(17)23(30)22(16)28-10-13/h1-6,8-11,28,30-31H,7H2. The van der Waals surface area contributed by atoms with Gasteiger partial charge in [-0.3, -0.25) is 0 Å². The van der Waals surface area contributed by atoms with E-state index in [2.05, 4.69) is 9.97 Å². The Balaban J connectivity index is 1.76. The average Bonchev–Trinajstić information content (AvgIpc) is 3.14. The molecule has 0 saturated heterocycles. The number of pyridine rings is 1. The molecule has 7 heteroatoms. The second kappa shape index (κ2) is 7.25. The lowest BCUT2D eigenvalue weighted by molar-refractivity contribution is 0.454. The van der Waals surface area contributed by atoms with E-state index in [4.69, 9.17) is 11.6 Å². The Bertz CT molecular complexity index is 1460. The third kappa shape index (κ3) is 3.25. The Morgan fingerprint density at radius 1 is 0.935 bits per heavy atom. The fourth-order valence-corrected chi connectivity index (χ4v) is 4.12. The number of phenols is 1. The van der Waals surface area contributed by atoms with Crippen molar-refractivity contribution < 1.29 is 19.0 Å². The van der Waals surface area contributed by atoms with E-state index in [-0.39, 0.29) is 27.9 Å². The molecule has 0 saturated carbocycles. The fourth-order valence-electron chi connectivity index (χ4n) is 3.92. The van der Waals surface area contributed by atoms with Gasteiger partial charge in [0, 0.05) is 28.7 Å². The van der Waals surface area contributed by atoms with E-state index in [1.165, 1.54) is 24.4 Å². The lowest BCUT2D eigenvalue weighted by Gasteiger charge is -2.13. The molecule has 3 aromatic carbocycles. The first-order chi connectivity index (χ1) is 14.9. The van der Waals surface area contributed by atoms with Crippen LogP contribution in [0.4, 0.5) is 8.78 Å². The number of phenolic OH excluding ortho intramolecular Hbond substituents is 1. The number of hydrogen-bond donors (Lipinski definition) is 3. The Hall–Kier alpha value is -3.64. The SMILES string of the molecule is Oc1ncc2c(-c3ccc(F)cc3)c3cc(Cc4ccc(F)c(Cl)c4)c[nH]c3c(O)c12. The second-order valence-corrected chi connectivity index (χ2v) is 7.73. The van der Waals surface area contributed by atoms with Crippen molar-refractivity contribution in [3.8, 4) is 22.8 Å². The lowest BCUT2D eigenvalue weighted by Crippen LogP contribution is -1.94. The van der Waals surface area contributed by atoms with Gasteiger partial charge in [-0.2, -0.15) is 0 Å². The van der Waals surface area contributed by atoms with Crippen LogP contribution in [-0.2, 0) is 6.42 Å². The molecule has 3 N–H and O–H groups in total. The summed E-state index contributed by atoms with van der Waals surface area (Å²) in [5.41, 5.74) is 3.50. The number of rotatable bonds is 3. The topological polar surface area (TPSA) is 69.1 Å². The summed E-state index contributed by atoms with van der Waals surface area (Å²) >= 11 is 5.90. The number of fused-ring (bicyclic) bond motifs is 2. The molecule has 0 spiro atoms. The van der Waals surface area contributed by atoms with Crippen LogP contribution in [0.15, 0.2) is 60.9 Å². The van der Waals surface area contributed by atoms with Crippen LogP contribution in [0, 0.1) is 11.6 Å². The molecule has 5 rings (SSSR count). The van der Waals surface area contributed by atoms with Crippen molar-refractivity contribution in [1.82, 2.24) is 9.97 Å². The molecule has 0 unspecified atom stereocenters. The van der Waals surface area contributed by atoms with Gasteiger partial charge in [0.25, 0.3) is 0 Å². The van der Waals surface area contributed by atoms with E-state index in [0.717, 1.165) is 11.1 Å². The van der Waals surface area contributed by atoms with Gasteiger partial charge < -0.3 is 15.2 Å². The van der Waals surface area contributed by atoms with Crippen molar-refractivity contribution >= 4 is 33.3 Å². The first kappa shape index (κ1) is 19.3. The van der Waals surface area contributed by atoms with Crippen molar-refractivity contribution in [2.75, 3.05) is 0 Å². The van der Waals surface area contributed by atoms with Gasteiger partial charge in [-0.1, -0.05) is 29.8 Å². The Kier molecular flexibility index (Phi) is 4.52. The van der Waals surface area contributed by atoms with Crippen LogP contribution in [0.25, 0.3) is 32.8 Å². The Morgan fingerprint density at radius 2 is 1.71 bits per heavy atom.